The molecule has 3 aromatic rings. The zero-order valence-corrected chi connectivity index (χ0v) is 18.6. The molecule has 33 heavy (non-hydrogen) atoms. The Labute approximate surface area is 192 Å². The van der Waals surface area contributed by atoms with Gasteiger partial charge in [0.05, 0.1) is 5.56 Å². The summed E-state index contributed by atoms with van der Waals surface area (Å²) >= 11 is 0. The van der Waals surface area contributed by atoms with Gasteiger partial charge in [-0.2, -0.15) is 0 Å². The van der Waals surface area contributed by atoms with Crippen molar-refractivity contribution in [3.05, 3.63) is 89.7 Å². The molecule has 1 aliphatic heterocycles. The second-order valence-electron chi connectivity index (χ2n) is 8.34. The van der Waals surface area contributed by atoms with Crippen LogP contribution in [0, 0.1) is 5.92 Å². The summed E-state index contributed by atoms with van der Waals surface area (Å²) in [5.41, 5.74) is 3.50. The van der Waals surface area contributed by atoms with Crippen LogP contribution in [-0.4, -0.2) is 35.3 Å². The van der Waals surface area contributed by atoms with Gasteiger partial charge in [-0.15, -0.1) is 0 Å². The smallest absolute Gasteiger partial charge is 0.259 e. The lowest BCUT2D eigenvalue weighted by atomic mass is 10.0. The minimum Gasteiger partial charge on any atom is -0.340 e. The SMILES string of the molecule is CC(C)C(NC(=O)c1ccccc1)C(=O)Nc1ccc2c(c1)CCN2C(=O)c1cccnc1. The number of aromatic nitrogens is 1. The topological polar surface area (TPSA) is 91.4 Å². The van der Waals surface area contributed by atoms with E-state index >= 15 is 0 Å². The number of nitrogens with one attached hydrogen (secondary N) is 2. The summed E-state index contributed by atoms with van der Waals surface area (Å²) in [7, 11) is 0. The second-order valence-corrected chi connectivity index (χ2v) is 8.34. The van der Waals surface area contributed by atoms with Gasteiger partial charge in [0.2, 0.25) is 5.91 Å². The van der Waals surface area contributed by atoms with Gasteiger partial charge in [-0.05, 0) is 60.4 Å². The van der Waals surface area contributed by atoms with Crippen molar-refractivity contribution in [2.24, 2.45) is 5.92 Å². The largest absolute Gasteiger partial charge is 0.340 e. The third-order valence-corrected chi connectivity index (χ3v) is 5.67. The van der Waals surface area contributed by atoms with E-state index in [1.54, 1.807) is 59.8 Å². The second kappa shape index (κ2) is 9.65. The van der Waals surface area contributed by atoms with E-state index in [-0.39, 0.29) is 23.6 Å². The monoisotopic (exact) mass is 442 g/mol. The molecule has 3 amide bonds. The Morgan fingerprint density at radius 1 is 0.970 bits per heavy atom. The molecule has 0 aliphatic carbocycles. The van der Waals surface area contributed by atoms with Crippen molar-refractivity contribution >= 4 is 29.1 Å². The molecule has 7 heteroatoms. The van der Waals surface area contributed by atoms with Crippen molar-refractivity contribution in [3.8, 4) is 0 Å². The number of benzene rings is 2. The van der Waals surface area contributed by atoms with Crippen molar-refractivity contribution < 1.29 is 14.4 Å². The Morgan fingerprint density at radius 2 is 1.73 bits per heavy atom. The predicted molar refractivity (Wildman–Crippen MR) is 127 cm³/mol. The first kappa shape index (κ1) is 22.2. The fraction of sp³-hybridized carbons (Fsp3) is 0.231. The summed E-state index contributed by atoms with van der Waals surface area (Å²) < 4.78 is 0. The van der Waals surface area contributed by atoms with E-state index in [0.717, 1.165) is 11.3 Å². The van der Waals surface area contributed by atoms with Gasteiger partial charge in [0.25, 0.3) is 11.8 Å². The molecule has 4 rings (SSSR count). The van der Waals surface area contributed by atoms with Crippen LogP contribution in [0.25, 0.3) is 0 Å². The van der Waals surface area contributed by atoms with Crippen LogP contribution >= 0.6 is 0 Å². The number of rotatable bonds is 6. The van der Waals surface area contributed by atoms with Gasteiger partial charge in [0.15, 0.2) is 0 Å². The molecule has 0 radical (unpaired) electrons. The maximum atomic E-state index is 13.0. The van der Waals surface area contributed by atoms with Crippen molar-refractivity contribution in [3.63, 3.8) is 0 Å². The standard InChI is InChI=1S/C26H26N4O3/c1-17(2)23(29-24(31)18-7-4-3-5-8-18)25(32)28-21-10-11-22-19(15-21)12-14-30(22)26(33)20-9-6-13-27-16-20/h3-11,13,15-17,23H,12,14H2,1-2H3,(H,28,32)(H,29,31). The third kappa shape index (κ3) is 4.92. The van der Waals surface area contributed by atoms with Gasteiger partial charge in [-0.3, -0.25) is 19.4 Å². The third-order valence-electron chi connectivity index (χ3n) is 5.67. The first-order valence-electron chi connectivity index (χ1n) is 11.0. The highest BCUT2D eigenvalue weighted by Gasteiger charge is 2.28. The molecule has 2 N–H and O–H groups in total. The summed E-state index contributed by atoms with van der Waals surface area (Å²) in [6, 6.07) is 17.1. The van der Waals surface area contributed by atoms with Crippen molar-refractivity contribution in [1.82, 2.24) is 10.3 Å². The van der Waals surface area contributed by atoms with Gasteiger partial charge < -0.3 is 15.5 Å². The number of carbonyl (C=O) groups excluding carboxylic acids is 3. The van der Waals surface area contributed by atoms with Gasteiger partial charge in [-0.25, -0.2) is 0 Å². The highest BCUT2D eigenvalue weighted by Crippen LogP contribution is 2.31. The van der Waals surface area contributed by atoms with Crippen molar-refractivity contribution in [2.45, 2.75) is 26.3 Å². The fourth-order valence-electron chi connectivity index (χ4n) is 3.90. The molecule has 1 aliphatic rings. The molecule has 0 saturated carbocycles. The summed E-state index contributed by atoms with van der Waals surface area (Å²) in [6.45, 7) is 4.35. The maximum Gasteiger partial charge on any atom is 0.259 e. The van der Waals surface area contributed by atoms with Crippen LogP contribution in [0.4, 0.5) is 11.4 Å². The molecule has 1 aromatic heterocycles. The summed E-state index contributed by atoms with van der Waals surface area (Å²) in [4.78, 5) is 44.1. The number of hydrogen-bond acceptors (Lipinski definition) is 4. The van der Waals surface area contributed by atoms with Gasteiger partial charge in [0.1, 0.15) is 6.04 Å². The molecule has 2 heterocycles. The minimum atomic E-state index is -0.686. The minimum absolute atomic E-state index is 0.0952. The lowest BCUT2D eigenvalue weighted by Gasteiger charge is -2.22. The van der Waals surface area contributed by atoms with E-state index in [4.69, 9.17) is 0 Å². The number of carbonyl (C=O) groups is 3. The Kier molecular flexibility index (Phi) is 6.49. The number of amides is 3. The molecule has 7 nitrogen and oxygen atoms in total. The number of fused-ring (bicyclic) bond motifs is 1. The Bertz CT molecular complexity index is 1160. The van der Waals surface area contributed by atoms with Gasteiger partial charge in [0, 0.05) is 35.9 Å². The van der Waals surface area contributed by atoms with E-state index in [1.807, 2.05) is 32.0 Å². The number of nitrogens with zero attached hydrogens (tertiary/aromatic N) is 2. The molecule has 0 bridgehead atoms. The van der Waals surface area contributed by atoms with E-state index in [0.29, 0.717) is 29.8 Å². The molecule has 0 spiro atoms. The van der Waals surface area contributed by atoms with Crippen LogP contribution in [0.3, 0.4) is 0 Å². The first-order valence-corrected chi connectivity index (χ1v) is 11.0. The Balaban J connectivity index is 1.46. The maximum absolute atomic E-state index is 13.0. The highest BCUT2D eigenvalue weighted by molar-refractivity contribution is 6.07. The number of pyridine rings is 1. The van der Waals surface area contributed by atoms with Crippen LogP contribution in [0.2, 0.25) is 0 Å². The summed E-state index contributed by atoms with van der Waals surface area (Å²) in [5.74, 6) is -0.764. The Morgan fingerprint density at radius 3 is 2.42 bits per heavy atom. The lowest BCUT2D eigenvalue weighted by Crippen LogP contribution is -2.47. The van der Waals surface area contributed by atoms with E-state index in [1.165, 1.54) is 0 Å². The molecule has 1 unspecified atom stereocenters. The van der Waals surface area contributed by atoms with Crippen molar-refractivity contribution in [2.75, 3.05) is 16.8 Å². The van der Waals surface area contributed by atoms with Crippen LogP contribution < -0.4 is 15.5 Å². The molecular weight excluding hydrogens is 416 g/mol. The molecule has 0 saturated heterocycles. The van der Waals surface area contributed by atoms with Crippen molar-refractivity contribution in [1.29, 1.82) is 0 Å². The predicted octanol–water partition coefficient (Wildman–Crippen LogP) is 3.68. The average molecular weight is 443 g/mol. The summed E-state index contributed by atoms with van der Waals surface area (Å²) in [5, 5.41) is 5.75. The fourth-order valence-corrected chi connectivity index (χ4v) is 3.90. The normalized spacial score (nSPS) is 13.4. The molecule has 2 aromatic carbocycles. The molecule has 0 fully saturated rings. The van der Waals surface area contributed by atoms with Crippen LogP contribution in [0.15, 0.2) is 73.1 Å². The molecule has 1 atom stereocenters. The van der Waals surface area contributed by atoms with Crippen LogP contribution in [0.5, 0.6) is 0 Å². The van der Waals surface area contributed by atoms with Crippen LogP contribution in [-0.2, 0) is 11.2 Å². The number of hydrogen-bond donors (Lipinski definition) is 2. The number of anilines is 2. The van der Waals surface area contributed by atoms with Crippen LogP contribution in [0.1, 0.15) is 40.1 Å². The zero-order chi connectivity index (χ0) is 23.4. The van der Waals surface area contributed by atoms with Gasteiger partial charge in [-0.1, -0.05) is 32.0 Å². The summed E-state index contributed by atoms with van der Waals surface area (Å²) in [6.07, 6.45) is 3.89. The first-order chi connectivity index (χ1) is 15.9. The average Bonchev–Trinajstić information content (AvgIpc) is 3.26. The molecular formula is C26H26N4O3. The van der Waals surface area contributed by atoms with E-state index in [2.05, 4.69) is 15.6 Å². The highest BCUT2D eigenvalue weighted by atomic mass is 16.2. The lowest BCUT2D eigenvalue weighted by molar-refractivity contribution is -0.118. The zero-order valence-electron chi connectivity index (χ0n) is 18.6. The molecule has 168 valence electrons. The Hall–Kier alpha value is -4.00. The van der Waals surface area contributed by atoms with E-state index in [9.17, 15) is 14.4 Å². The quantitative estimate of drug-likeness (QED) is 0.609. The van der Waals surface area contributed by atoms with Gasteiger partial charge >= 0.3 is 0 Å². The van der Waals surface area contributed by atoms with E-state index < -0.39 is 6.04 Å².